The standard InChI is InChI=1S/C12H17N5O2S/c1-8(12(18)17-4-6-19-7-5-17)15-11-9(10(13)20)2-3-14-16-11/h2-3,8H,4-7H2,1H3,(H2,13,20)(H,15,16). The number of carbonyl (C=O) groups is 1. The molecule has 0 saturated carbocycles. The molecular formula is C12H17N5O2S. The van der Waals surface area contributed by atoms with Gasteiger partial charge < -0.3 is 20.7 Å². The monoisotopic (exact) mass is 295 g/mol. The number of nitrogens with one attached hydrogen (secondary N) is 1. The molecule has 1 saturated heterocycles. The summed E-state index contributed by atoms with van der Waals surface area (Å²) in [6, 6.07) is 1.24. The maximum absolute atomic E-state index is 12.3. The minimum atomic E-state index is -0.433. The Hall–Kier alpha value is -1.80. The number of hydrogen-bond acceptors (Lipinski definition) is 6. The molecule has 20 heavy (non-hydrogen) atoms. The quantitative estimate of drug-likeness (QED) is 0.741. The Morgan fingerprint density at radius 1 is 1.55 bits per heavy atom. The highest BCUT2D eigenvalue weighted by atomic mass is 32.1. The predicted octanol–water partition coefficient (Wildman–Crippen LogP) is -0.230. The van der Waals surface area contributed by atoms with E-state index < -0.39 is 6.04 Å². The summed E-state index contributed by atoms with van der Waals surface area (Å²) in [7, 11) is 0. The molecule has 0 radical (unpaired) electrons. The van der Waals surface area contributed by atoms with Crippen molar-refractivity contribution in [3.8, 4) is 0 Å². The van der Waals surface area contributed by atoms with Gasteiger partial charge in [0.25, 0.3) is 0 Å². The summed E-state index contributed by atoms with van der Waals surface area (Å²) in [5, 5.41) is 10.7. The van der Waals surface area contributed by atoms with E-state index >= 15 is 0 Å². The van der Waals surface area contributed by atoms with Crippen LogP contribution in [0, 0.1) is 0 Å². The number of hydrogen-bond donors (Lipinski definition) is 2. The molecule has 1 atom stereocenters. The molecule has 1 aromatic heterocycles. The van der Waals surface area contributed by atoms with E-state index in [0.717, 1.165) is 0 Å². The Kier molecular flexibility index (Phi) is 4.80. The predicted molar refractivity (Wildman–Crippen MR) is 78.4 cm³/mol. The Morgan fingerprint density at radius 3 is 2.90 bits per heavy atom. The number of morpholine rings is 1. The summed E-state index contributed by atoms with van der Waals surface area (Å²) >= 11 is 4.95. The van der Waals surface area contributed by atoms with Crippen molar-refractivity contribution in [3.05, 3.63) is 17.8 Å². The van der Waals surface area contributed by atoms with Gasteiger partial charge in [0, 0.05) is 13.1 Å². The normalized spacial score (nSPS) is 16.6. The molecular weight excluding hydrogens is 278 g/mol. The molecule has 2 heterocycles. The van der Waals surface area contributed by atoms with Gasteiger partial charge in [-0.05, 0) is 13.0 Å². The SMILES string of the molecule is CC(Nc1nnccc1C(N)=S)C(=O)N1CCOCC1. The summed E-state index contributed by atoms with van der Waals surface area (Å²) in [6.07, 6.45) is 1.51. The van der Waals surface area contributed by atoms with Crippen LogP contribution in [0.2, 0.25) is 0 Å². The van der Waals surface area contributed by atoms with Gasteiger partial charge in [-0.1, -0.05) is 12.2 Å². The number of ether oxygens (including phenoxy) is 1. The number of aromatic nitrogens is 2. The second-order valence-corrected chi connectivity index (χ2v) is 4.90. The van der Waals surface area contributed by atoms with Crippen molar-refractivity contribution in [1.82, 2.24) is 15.1 Å². The average Bonchev–Trinajstić information content (AvgIpc) is 2.47. The Balaban J connectivity index is 2.05. The summed E-state index contributed by atoms with van der Waals surface area (Å²) in [5.41, 5.74) is 6.20. The lowest BCUT2D eigenvalue weighted by molar-refractivity contribution is -0.135. The molecule has 0 bridgehead atoms. The lowest BCUT2D eigenvalue weighted by Crippen LogP contribution is -2.47. The van der Waals surface area contributed by atoms with Gasteiger partial charge >= 0.3 is 0 Å². The first-order chi connectivity index (χ1) is 9.59. The number of nitrogens with two attached hydrogens (primary N) is 1. The van der Waals surface area contributed by atoms with E-state index in [1.54, 1.807) is 17.9 Å². The van der Waals surface area contributed by atoms with Crippen molar-refractivity contribution in [2.24, 2.45) is 5.73 Å². The maximum atomic E-state index is 12.3. The van der Waals surface area contributed by atoms with Crippen LogP contribution in [0.5, 0.6) is 0 Å². The van der Waals surface area contributed by atoms with Crippen LogP contribution in [0.25, 0.3) is 0 Å². The number of thiocarbonyl (C=S) groups is 1. The third-order valence-electron chi connectivity index (χ3n) is 3.03. The van der Waals surface area contributed by atoms with E-state index in [1.165, 1.54) is 6.20 Å². The van der Waals surface area contributed by atoms with Gasteiger partial charge in [0.05, 0.1) is 25.0 Å². The van der Waals surface area contributed by atoms with Gasteiger partial charge in [-0.25, -0.2) is 0 Å². The van der Waals surface area contributed by atoms with Crippen LogP contribution in [0.15, 0.2) is 12.3 Å². The zero-order chi connectivity index (χ0) is 14.5. The molecule has 8 heteroatoms. The number of anilines is 1. The third-order valence-corrected chi connectivity index (χ3v) is 3.25. The van der Waals surface area contributed by atoms with Crippen LogP contribution >= 0.6 is 12.2 Å². The van der Waals surface area contributed by atoms with Gasteiger partial charge in [-0.3, -0.25) is 4.79 Å². The van der Waals surface area contributed by atoms with E-state index in [9.17, 15) is 4.79 Å². The Morgan fingerprint density at radius 2 is 2.25 bits per heavy atom. The van der Waals surface area contributed by atoms with Crippen LogP contribution in [0.4, 0.5) is 5.82 Å². The molecule has 1 fully saturated rings. The second-order valence-electron chi connectivity index (χ2n) is 4.46. The highest BCUT2D eigenvalue weighted by Gasteiger charge is 2.23. The minimum Gasteiger partial charge on any atom is -0.389 e. The van der Waals surface area contributed by atoms with Crippen LogP contribution in [0.3, 0.4) is 0 Å². The summed E-state index contributed by atoms with van der Waals surface area (Å²) in [5.74, 6) is 0.418. The molecule has 1 aromatic rings. The van der Waals surface area contributed by atoms with E-state index in [4.69, 9.17) is 22.7 Å². The van der Waals surface area contributed by atoms with E-state index in [0.29, 0.717) is 37.7 Å². The first kappa shape index (κ1) is 14.6. The maximum Gasteiger partial charge on any atom is 0.244 e. The first-order valence-electron chi connectivity index (χ1n) is 6.34. The zero-order valence-electron chi connectivity index (χ0n) is 11.2. The number of amides is 1. The molecule has 7 nitrogen and oxygen atoms in total. The van der Waals surface area contributed by atoms with Crippen LogP contribution < -0.4 is 11.1 Å². The molecule has 3 N–H and O–H groups in total. The number of rotatable bonds is 4. The molecule has 1 unspecified atom stereocenters. The van der Waals surface area contributed by atoms with Crippen molar-refractivity contribution in [1.29, 1.82) is 0 Å². The van der Waals surface area contributed by atoms with Crippen molar-refractivity contribution in [3.63, 3.8) is 0 Å². The van der Waals surface area contributed by atoms with Crippen LogP contribution in [-0.4, -0.2) is 58.3 Å². The fraction of sp³-hybridized carbons (Fsp3) is 0.500. The summed E-state index contributed by atoms with van der Waals surface area (Å²) in [6.45, 7) is 4.13. The Bertz CT molecular complexity index is 504. The largest absolute Gasteiger partial charge is 0.389 e. The number of nitrogens with zero attached hydrogens (tertiary/aromatic N) is 3. The summed E-state index contributed by atoms with van der Waals surface area (Å²) < 4.78 is 5.23. The van der Waals surface area contributed by atoms with Crippen molar-refractivity contribution < 1.29 is 9.53 Å². The Labute approximate surface area is 122 Å². The average molecular weight is 295 g/mol. The van der Waals surface area contributed by atoms with Crippen molar-refractivity contribution >= 4 is 28.9 Å². The molecule has 0 spiro atoms. The van der Waals surface area contributed by atoms with Crippen LogP contribution in [-0.2, 0) is 9.53 Å². The first-order valence-corrected chi connectivity index (χ1v) is 6.75. The fourth-order valence-electron chi connectivity index (χ4n) is 1.96. The van der Waals surface area contributed by atoms with Gasteiger partial charge in [-0.15, -0.1) is 5.10 Å². The molecule has 108 valence electrons. The smallest absolute Gasteiger partial charge is 0.244 e. The van der Waals surface area contributed by atoms with Gasteiger partial charge in [0.15, 0.2) is 5.82 Å². The van der Waals surface area contributed by atoms with Gasteiger partial charge in [0.1, 0.15) is 11.0 Å². The second kappa shape index (κ2) is 6.58. The lowest BCUT2D eigenvalue weighted by Gasteiger charge is -2.29. The van der Waals surface area contributed by atoms with Gasteiger partial charge in [0.2, 0.25) is 5.91 Å². The molecule has 0 aromatic carbocycles. The third kappa shape index (κ3) is 3.40. The van der Waals surface area contributed by atoms with E-state index in [-0.39, 0.29) is 10.9 Å². The van der Waals surface area contributed by atoms with Crippen molar-refractivity contribution in [2.75, 3.05) is 31.6 Å². The molecule has 1 aliphatic heterocycles. The minimum absolute atomic E-state index is 0.00663. The molecule has 1 amide bonds. The fourth-order valence-corrected chi connectivity index (χ4v) is 2.13. The number of carbonyl (C=O) groups excluding carboxylic acids is 1. The lowest BCUT2D eigenvalue weighted by atomic mass is 10.2. The van der Waals surface area contributed by atoms with Gasteiger partial charge in [-0.2, -0.15) is 5.10 Å². The van der Waals surface area contributed by atoms with E-state index in [2.05, 4.69) is 15.5 Å². The summed E-state index contributed by atoms with van der Waals surface area (Å²) in [4.78, 5) is 14.3. The highest BCUT2D eigenvalue weighted by Crippen LogP contribution is 2.12. The molecule has 0 aliphatic carbocycles. The van der Waals surface area contributed by atoms with Crippen molar-refractivity contribution in [2.45, 2.75) is 13.0 Å². The van der Waals surface area contributed by atoms with E-state index in [1.807, 2.05) is 0 Å². The molecule has 2 rings (SSSR count). The molecule has 1 aliphatic rings. The highest BCUT2D eigenvalue weighted by molar-refractivity contribution is 7.80. The zero-order valence-corrected chi connectivity index (χ0v) is 12.0. The van der Waals surface area contributed by atoms with Crippen LogP contribution in [0.1, 0.15) is 12.5 Å². The topological polar surface area (TPSA) is 93.4 Å².